The largest absolute Gasteiger partial charge is 0.491 e. The molecule has 2 aromatic rings. The second-order valence-electron chi connectivity index (χ2n) is 8.04. The summed E-state index contributed by atoms with van der Waals surface area (Å²) in [7, 11) is 0. The first-order valence-corrected chi connectivity index (χ1v) is 11.0. The molecule has 1 N–H and O–H groups in total. The molecule has 1 aliphatic carbocycles. The van der Waals surface area contributed by atoms with Crippen LogP contribution in [0.15, 0.2) is 42.5 Å². The van der Waals surface area contributed by atoms with Crippen LogP contribution in [-0.4, -0.2) is 54.4 Å². The van der Waals surface area contributed by atoms with Gasteiger partial charge >= 0.3 is 6.61 Å². The number of alkyl halides is 2. The van der Waals surface area contributed by atoms with Gasteiger partial charge in [-0.05, 0) is 60.9 Å². The second-order valence-corrected chi connectivity index (χ2v) is 8.47. The molecule has 4 rings (SSSR count). The molecule has 172 valence electrons. The maximum atomic E-state index is 12.7. The fraction of sp³-hybridized carbons (Fsp3) is 0.435. The van der Waals surface area contributed by atoms with Gasteiger partial charge in [0.1, 0.15) is 24.2 Å². The Morgan fingerprint density at radius 3 is 2.53 bits per heavy atom. The van der Waals surface area contributed by atoms with Crippen LogP contribution in [0.2, 0.25) is 5.02 Å². The van der Waals surface area contributed by atoms with Gasteiger partial charge in [0.25, 0.3) is 0 Å². The third kappa shape index (κ3) is 5.81. The van der Waals surface area contributed by atoms with Gasteiger partial charge in [0.15, 0.2) is 0 Å². The molecule has 2 aliphatic rings. The number of hydrogen-bond donors (Lipinski definition) is 1. The summed E-state index contributed by atoms with van der Waals surface area (Å²) in [5, 5.41) is 11.2. The van der Waals surface area contributed by atoms with Gasteiger partial charge in [0.05, 0.1) is 0 Å². The summed E-state index contributed by atoms with van der Waals surface area (Å²) >= 11 is 5.87. The van der Waals surface area contributed by atoms with Gasteiger partial charge in [-0.2, -0.15) is 8.78 Å². The van der Waals surface area contributed by atoms with Crippen molar-refractivity contribution in [3.05, 3.63) is 53.1 Å². The van der Waals surface area contributed by atoms with Crippen molar-refractivity contribution in [3.8, 4) is 11.5 Å². The van der Waals surface area contributed by atoms with Crippen molar-refractivity contribution >= 4 is 23.2 Å². The van der Waals surface area contributed by atoms with Crippen molar-refractivity contribution in [1.82, 2.24) is 4.90 Å². The Labute approximate surface area is 190 Å². The molecule has 1 atom stereocenters. The van der Waals surface area contributed by atoms with Gasteiger partial charge in [-0.1, -0.05) is 11.6 Å². The lowest BCUT2D eigenvalue weighted by Crippen LogP contribution is -2.42. The van der Waals surface area contributed by atoms with E-state index >= 15 is 0 Å². The maximum Gasteiger partial charge on any atom is 0.387 e. The van der Waals surface area contributed by atoms with E-state index in [9.17, 15) is 18.7 Å². The Balaban J connectivity index is 1.50. The molecule has 0 spiro atoms. The van der Waals surface area contributed by atoms with Crippen molar-refractivity contribution < 1.29 is 28.2 Å². The molecule has 32 heavy (non-hydrogen) atoms. The van der Waals surface area contributed by atoms with Gasteiger partial charge in [-0.15, -0.1) is 0 Å². The molecule has 0 saturated heterocycles. The molecule has 1 aliphatic heterocycles. The second kappa shape index (κ2) is 9.92. The maximum absolute atomic E-state index is 12.7. The van der Waals surface area contributed by atoms with E-state index in [0.29, 0.717) is 35.8 Å². The highest BCUT2D eigenvalue weighted by atomic mass is 35.5. The van der Waals surface area contributed by atoms with Gasteiger partial charge in [-0.3, -0.25) is 4.79 Å². The summed E-state index contributed by atoms with van der Waals surface area (Å²) in [5.74, 6) is 0.662. The molecule has 1 amide bonds. The number of rotatable bonds is 8. The number of amides is 1. The molecule has 9 heteroatoms. The zero-order valence-corrected chi connectivity index (χ0v) is 18.2. The van der Waals surface area contributed by atoms with Gasteiger partial charge in [-0.25, -0.2) is 0 Å². The predicted molar refractivity (Wildman–Crippen MR) is 116 cm³/mol. The van der Waals surface area contributed by atoms with Crippen LogP contribution in [0.3, 0.4) is 0 Å². The van der Waals surface area contributed by atoms with Gasteiger partial charge in [0.2, 0.25) is 5.91 Å². The third-order valence-electron chi connectivity index (χ3n) is 5.55. The number of hydrogen-bond acceptors (Lipinski definition) is 5. The van der Waals surface area contributed by atoms with E-state index in [4.69, 9.17) is 16.3 Å². The van der Waals surface area contributed by atoms with E-state index in [1.165, 1.54) is 6.07 Å². The number of halogens is 3. The minimum atomic E-state index is -2.93. The van der Waals surface area contributed by atoms with Gasteiger partial charge < -0.3 is 24.4 Å². The van der Waals surface area contributed by atoms with Crippen molar-refractivity contribution in [2.75, 3.05) is 24.6 Å². The molecule has 0 aromatic heterocycles. The Kier molecular flexibility index (Phi) is 7.01. The molecule has 1 fully saturated rings. The molecule has 1 heterocycles. The van der Waals surface area contributed by atoms with Crippen LogP contribution in [0.5, 0.6) is 11.5 Å². The highest BCUT2D eigenvalue weighted by Gasteiger charge is 2.34. The van der Waals surface area contributed by atoms with Crippen LogP contribution in [0, 0.1) is 0 Å². The van der Waals surface area contributed by atoms with Crippen molar-refractivity contribution in [1.29, 1.82) is 0 Å². The van der Waals surface area contributed by atoms with Crippen LogP contribution in [0.4, 0.5) is 14.5 Å². The number of benzene rings is 2. The molecule has 0 bridgehead atoms. The number of carbonyl (C=O) groups excluding carboxylic acids is 1. The first-order chi connectivity index (χ1) is 15.4. The fourth-order valence-electron chi connectivity index (χ4n) is 3.88. The van der Waals surface area contributed by atoms with E-state index in [-0.39, 0.29) is 30.9 Å². The summed E-state index contributed by atoms with van der Waals surface area (Å²) in [5.41, 5.74) is 1.50. The summed E-state index contributed by atoms with van der Waals surface area (Å²) in [6.45, 7) is -1.91. The number of aliphatic hydroxyl groups excluding tert-OH is 1. The zero-order chi connectivity index (χ0) is 22.7. The summed E-state index contributed by atoms with van der Waals surface area (Å²) in [4.78, 5) is 16.5. The summed E-state index contributed by atoms with van der Waals surface area (Å²) < 4.78 is 35.6. The minimum Gasteiger partial charge on any atom is -0.491 e. The molecule has 6 nitrogen and oxygen atoms in total. The SMILES string of the molecule is O=C1CCN(CC(O)COc2ccc(Cl)cc2)c2ccc(OC(F)F)cc2CN1C1CC1. The number of β-amino-alcohol motifs (C(OH)–C–C–N with tert-alkyl or cyclic N) is 1. The third-order valence-corrected chi connectivity index (χ3v) is 5.80. The van der Waals surface area contributed by atoms with Crippen LogP contribution >= 0.6 is 11.6 Å². The standard InChI is InChI=1S/C23H25ClF2N2O4/c24-16-1-5-19(6-2-16)31-14-18(29)13-27-10-9-22(30)28(17-3-4-17)12-15-11-20(32-23(25)26)7-8-21(15)27/h1-2,5-8,11,17-18,23,29H,3-4,9-10,12-14H2. The predicted octanol–water partition coefficient (Wildman–Crippen LogP) is 4.08. The molecule has 0 radical (unpaired) electrons. The van der Waals surface area contributed by atoms with E-state index in [1.807, 2.05) is 9.80 Å². The minimum absolute atomic E-state index is 0.0234. The van der Waals surface area contributed by atoms with Crippen LogP contribution in [-0.2, 0) is 11.3 Å². The monoisotopic (exact) mass is 466 g/mol. The molecule has 1 saturated carbocycles. The molecule has 2 aromatic carbocycles. The summed E-state index contributed by atoms with van der Waals surface area (Å²) in [6, 6.07) is 11.8. The van der Waals surface area contributed by atoms with E-state index in [1.54, 1.807) is 36.4 Å². The van der Waals surface area contributed by atoms with Crippen LogP contribution in [0.1, 0.15) is 24.8 Å². The van der Waals surface area contributed by atoms with Gasteiger partial charge in [0, 0.05) is 42.8 Å². The normalized spacial score (nSPS) is 17.6. The topological polar surface area (TPSA) is 62.2 Å². The van der Waals surface area contributed by atoms with E-state index in [0.717, 1.165) is 18.5 Å². The number of aliphatic hydroxyl groups is 1. The number of nitrogens with zero attached hydrogens (tertiary/aromatic N) is 2. The Morgan fingerprint density at radius 1 is 1.12 bits per heavy atom. The fourth-order valence-corrected chi connectivity index (χ4v) is 4.00. The molecular weight excluding hydrogens is 442 g/mol. The first-order valence-electron chi connectivity index (χ1n) is 10.6. The lowest BCUT2D eigenvalue weighted by Gasteiger charge is -2.34. The first kappa shape index (κ1) is 22.6. The van der Waals surface area contributed by atoms with Crippen molar-refractivity contribution in [2.45, 2.75) is 44.6 Å². The Bertz CT molecular complexity index is 940. The highest BCUT2D eigenvalue weighted by molar-refractivity contribution is 6.30. The molecule has 1 unspecified atom stereocenters. The van der Waals surface area contributed by atoms with E-state index < -0.39 is 12.7 Å². The Hall–Kier alpha value is -2.58. The van der Waals surface area contributed by atoms with Crippen LogP contribution in [0.25, 0.3) is 0 Å². The zero-order valence-electron chi connectivity index (χ0n) is 17.4. The number of anilines is 1. The smallest absolute Gasteiger partial charge is 0.387 e. The number of carbonyl (C=O) groups is 1. The molecular formula is C23H25ClF2N2O4. The summed E-state index contributed by atoms with van der Waals surface area (Å²) in [6.07, 6.45) is 1.40. The average molecular weight is 467 g/mol. The van der Waals surface area contributed by atoms with Crippen molar-refractivity contribution in [2.24, 2.45) is 0 Å². The van der Waals surface area contributed by atoms with E-state index in [2.05, 4.69) is 4.74 Å². The Morgan fingerprint density at radius 2 is 1.84 bits per heavy atom. The number of ether oxygens (including phenoxy) is 2. The van der Waals surface area contributed by atoms with Crippen LogP contribution < -0.4 is 14.4 Å². The average Bonchev–Trinajstić information content (AvgIpc) is 3.58. The lowest BCUT2D eigenvalue weighted by molar-refractivity contribution is -0.132. The highest BCUT2D eigenvalue weighted by Crippen LogP contribution is 2.35. The number of fused-ring (bicyclic) bond motifs is 1. The quantitative estimate of drug-likeness (QED) is 0.635. The lowest BCUT2D eigenvalue weighted by atomic mass is 10.1. The van der Waals surface area contributed by atoms with Crippen molar-refractivity contribution in [3.63, 3.8) is 0 Å².